The second-order valence-corrected chi connectivity index (χ2v) is 13.3. The molecule has 4 nitrogen and oxygen atoms in total. The van der Waals surface area contributed by atoms with E-state index in [9.17, 15) is 48.3 Å². The molecule has 0 radical (unpaired) electrons. The summed E-state index contributed by atoms with van der Waals surface area (Å²) >= 11 is 0. The Hall–Kier alpha value is -2.70. The van der Waals surface area contributed by atoms with E-state index in [-0.39, 0.29) is 47.4 Å². The number of hydrogen-bond donors (Lipinski definition) is 0. The highest BCUT2D eigenvalue weighted by molar-refractivity contribution is 7.92. The maximum absolute atomic E-state index is 14.6. The number of amides is 1. The summed E-state index contributed by atoms with van der Waals surface area (Å²) in [6.07, 6.45) is -11.5. The van der Waals surface area contributed by atoms with Crippen LogP contribution in [0.4, 0.5) is 35.1 Å². The highest BCUT2D eigenvalue weighted by Gasteiger charge is 2.73. The Morgan fingerprint density at radius 1 is 0.875 bits per heavy atom. The predicted molar refractivity (Wildman–Crippen MR) is 127 cm³/mol. The van der Waals surface area contributed by atoms with Gasteiger partial charge in [0.25, 0.3) is 0 Å². The van der Waals surface area contributed by atoms with Gasteiger partial charge in [-0.25, -0.2) is 17.2 Å². The summed E-state index contributed by atoms with van der Waals surface area (Å²) in [5.74, 6) is 0.0936. The smallest absolute Gasteiger partial charge is 0.340 e. The van der Waals surface area contributed by atoms with Gasteiger partial charge in [0, 0.05) is 24.6 Å². The van der Waals surface area contributed by atoms with Crippen LogP contribution >= 0.6 is 0 Å². The molecule has 40 heavy (non-hydrogen) atoms. The number of nitrogens with zero attached hydrogens (tertiary/aromatic N) is 1. The molecule has 3 fully saturated rings. The van der Waals surface area contributed by atoms with Gasteiger partial charge in [0.1, 0.15) is 10.6 Å². The molecule has 2 saturated carbocycles. The summed E-state index contributed by atoms with van der Waals surface area (Å²) in [5.41, 5.74) is -7.64. The van der Waals surface area contributed by atoms with Crippen molar-refractivity contribution in [2.24, 2.45) is 23.7 Å². The molecule has 1 aliphatic heterocycles. The Bertz CT molecular complexity index is 1380. The first kappa shape index (κ1) is 28.8. The molecule has 2 aliphatic carbocycles. The van der Waals surface area contributed by atoms with Crippen molar-refractivity contribution in [3.63, 3.8) is 0 Å². The molecule has 0 N–H and O–H groups in total. The lowest BCUT2D eigenvalue weighted by molar-refractivity contribution is -0.348. The second kappa shape index (κ2) is 9.15. The van der Waals surface area contributed by atoms with E-state index in [1.54, 1.807) is 0 Å². The summed E-state index contributed by atoms with van der Waals surface area (Å²) in [7, 11) is -4.47. The minimum absolute atomic E-state index is 0.0272. The Morgan fingerprint density at radius 2 is 1.40 bits per heavy atom. The zero-order valence-electron chi connectivity index (χ0n) is 21.1. The Morgan fingerprint density at radius 3 is 1.90 bits per heavy atom. The average Bonchev–Trinajstić information content (AvgIpc) is 3.27. The normalized spacial score (nSPS) is 29.0. The molecule has 1 saturated heterocycles. The van der Waals surface area contributed by atoms with Gasteiger partial charge in [0.05, 0.1) is 4.90 Å². The van der Waals surface area contributed by atoms with Crippen molar-refractivity contribution >= 4 is 15.7 Å². The van der Waals surface area contributed by atoms with E-state index in [2.05, 4.69) is 6.92 Å². The van der Waals surface area contributed by atoms with E-state index in [4.69, 9.17) is 0 Å². The maximum Gasteiger partial charge on any atom is 0.435 e. The number of hydrogen-bond acceptors (Lipinski definition) is 3. The number of likely N-dealkylation sites (tertiary alicyclic amines) is 1. The minimum Gasteiger partial charge on any atom is -0.340 e. The van der Waals surface area contributed by atoms with Gasteiger partial charge < -0.3 is 4.90 Å². The lowest BCUT2D eigenvalue weighted by Crippen LogP contribution is -2.50. The van der Waals surface area contributed by atoms with Gasteiger partial charge >= 0.3 is 18.0 Å². The topological polar surface area (TPSA) is 54.5 Å². The zero-order valence-corrected chi connectivity index (χ0v) is 21.9. The molecule has 2 aromatic rings. The maximum atomic E-state index is 14.6. The first-order chi connectivity index (χ1) is 18.4. The van der Waals surface area contributed by atoms with Crippen molar-refractivity contribution in [2.45, 2.75) is 53.9 Å². The van der Waals surface area contributed by atoms with Crippen LogP contribution in [-0.4, -0.2) is 44.7 Å². The van der Waals surface area contributed by atoms with Crippen LogP contribution in [0.5, 0.6) is 0 Å². The third-order valence-electron chi connectivity index (χ3n) is 8.99. The highest BCUT2D eigenvalue weighted by Crippen LogP contribution is 2.60. The first-order valence-corrected chi connectivity index (χ1v) is 14.1. The van der Waals surface area contributed by atoms with Crippen molar-refractivity contribution in [3.05, 3.63) is 65.5 Å². The molecule has 0 bridgehead atoms. The van der Waals surface area contributed by atoms with Gasteiger partial charge in [-0.1, -0.05) is 31.2 Å². The van der Waals surface area contributed by atoms with E-state index in [0.29, 0.717) is 30.6 Å². The van der Waals surface area contributed by atoms with Crippen molar-refractivity contribution in [2.75, 3.05) is 13.1 Å². The fraction of sp³-hybridized carbons (Fsp3) is 0.519. The largest absolute Gasteiger partial charge is 0.435 e. The lowest BCUT2D eigenvalue weighted by atomic mass is 9.90. The number of carbonyl (C=O) groups excluding carboxylic acids is 1. The third kappa shape index (κ3) is 4.21. The highest BCUT2D eigenvalue weighted by atomic mass is 32.2. The molecule has 5 rings (SSSR count). The monoisotopic (exact) mass is 595 g/mol. The number of alkyl halides is 7. The molecule has 3 atom stereocenters. The van der Waals surface area contributed by atoms with Crippen molar-refractivity contribution in [1.82, 2.24) is 4.90 Å². The zero-order chi connectivity index (χ0) is 29.5. The van der Waals surface area contributed by atoms with Crippen LogP contribution in [0, 0.1) is 29.5 Å². The van der Waals surface area contributed by atoms with Crippen LogP contribution in [-0.2, 0) is 25.0 Å². The van der Waals surface area contributed by atoms with Gasteiger partial charge in [0.15, 0.2) is 9.84 Å². The van der Waals surface area contributed by atoms with E-state index in [1.807, 2.05) is 0 Å². The van der Waals surface area contributed by atoms with E-state index >= 15 is 0 Å². The quantitative estimate of drug-likeness (QED) is 0.301. The summed E-state index contributed by atoms with van der Waals surface area (Å²) in [6.45, 7) is 1.66. The molecule has 1 heterocycles. The molecular formula is C27H25F8NO3S. The fourth-order valence-electron chi connectivity index (χ4n) is 6.54. The third-order valence-corrected chi connectivity index (χ3v) is 11.5. The molecule has 1 amide bonds. The molecule has 13 heteroatoms. The number of halogens is 8. The number of rotatable bonds is 5. The first-order valence-electron chi connectivity index (χ1n) is 12.7. The Kier molecular flexibility index (Phi) is 6.59. The van der Waals surface area contributed by atoms with E-state index in [0.717, 1.165) is 36.4 Å². The summed E-state index contributed by atoms with van der Waals surface area (Å²) < 4.78 is 134. The lowest BCUT2D eigenvalue weighted by Gasteiger charge is -2.33. The van der Waals surface area contributed by atoms with E-state index in [1.165, 1.54) is 4.90 Å². The van der Waals surface area contributed by atoms with Crippen molar-refractivity contribution in [1.29, 1.82) is 0 Å². The van der Waals surface area contributed by atoms with Crippen LogP contribution in [0.15, 0.2) is 53.4 Å². The molecule has 2 aromatic carbocycles. The summed E-state index contributed by atoms with van der Waals surface area (Å²) in [5, 5.41) is 0. The molecule has 0 spiro atoms. The molecule has 218 valence electrons. The van der Waals surface area contributed by atoms with Crippen LogP contribution in [0.25, 0.3) is 0 Å². The van der Waals surface area contributed by atoms with Gasteiger partial charge in [-0.3, -0.25) is 4.79 Å². The van der Waals surface area contributed by atoms with Crippen LogP contribution in [0.1, 0.15) is 37.3 Å². The number of benzene rings is 2. The van der Waals surface area contributed by atoms with E-state index < -0.39 is 50.5 Å². The number of carbonyl (C=O) groups is 1. The van der Waals surface area contributed by atoms with Gasteiger partial charge in [-0.05, 0) is 66.8 Å². The summed E-state index contributed by atoms with van der Waals surface area (Å²) in [4.78, 5) is 14.4. The summed E-state index contributed by atoms with van der Waals surface area (Å²) in [6, 6.07) is 5.79. The van der Waals surface area contributed by atoms with Gasteiger partial charge in [0.2, 0.25) is 5.91 Å². The molecular weight excluding hydrogens is 570 g/mol. The van der Waals surface area contributed by atoms with Crippen LogP contribution < -0.4 is 0 Å². The van der Waals surface area contributed by atoms with Crippen LogP contribution in [0.2, 0.25) is 0 Å². The average molecular weight is 596 g/mol. The molecule has 2 unspecified atom stereocenters. The number of fused-ring (bicyclic) bond motifs is 1. The SMILES string of the molecule is CC1C2CC(C(=O)N3CC[C@](c4ccc(C(F)(C(F)(F)F)C(F)(F)F)cc4)(S(=O)(=O)c4ccc(F)cc4)C3)CC12. The molecule has 3 aliphatic rings. The fourth-order valence-corrected chi connectivity index (χ4v) is 8.62. The van der Waals surface area contributed by atoms with Gasteiger partial charge in [-0.15, -0.1) is 0 Å². The van der Waals surface area contributed by atoms with Crippen molar-refractivity contribution in [3.8, 4) is 0 Å². The second-order valence-electron chi connectivity index (χ2n) is 11.0. The minimum atomic E-state index is -6.33. The standard InChI is InChI=1S/C27H25F8NO3S/c1-15-21-12-16(13-22(15)21)23(37)36-11-10-24(14-36,40(38,39)20-8-6-19(28)7-9-20)17-2-4-18(5-3-17)25(29,26(30,31)32)27(33,34)35/h2-9,15-16,21-22H,10-14H2,1H3/t15?,16?,21?,22?,24-/m0/s1. The predicted octanol–water partition coefficient (Wildman–Crippen LogP) is 6.31. The number of sulfone groups is 1. The van der Waals surface area contributed by atoms with Gasteiger partial charge in [-0.2, -0.15) is 26.3 Å². The van der Waals surface area contributed by atoms with Crippen LogP contribution in [0.3, 0.4) is 0 Å². The molecule has 0 aromatic heterocycles. The van der Waals surface area contributed by atoms with Crippen molar-refractivity contribution < 1.29 is 48.3 Å². The Labute approximate surface area is 225 Å². The Balaban J connectivity index is 1.54.